The third kappa shape index (κ3) is 5.56. The molecule has 0 aliphatic heterocycles. The zero-order chi connectivity index (χ0) is 19.3. The van der Waals surface area contributed by atoms with Crippen LogP contribution in [0.5, 0.6) is 0 Å². The minimum atomic E-state index is -2.83. The summed E-state index contributed by atoms with van der Waals surface area (Å²) in [5, 5.41) is 0. The van der Waals surface area contributed by atoms with E-state index in [4.69, 9.17) is 0 Å². The van der Waals surface area contributed by atoms with Crippen LogP contribution in [0.1, 0.15) is 0 Å². The van der Waals surface area contributed by atoms with Crippen molar-refractivity contribution in [2.24, 2.45) is 0 Å². The molecule has 2 aliphatic carbocycles. The molecule has 0 amide bonds. The Labute approximate surface area is 157 Å². The number of hydrogen-bond donors (Lipinski definition) is 0. The van der Waals surface area contributed by atoms with Gasteiger partial charge in [0.25, 0.3) is 0 Å². The van der Waals surface area contributed by atoms with Crippen LogP contribution in [-0.4, -0.2) is 30.2 Å². The van der Waals surface area contributed by atoms with Gasteiger partial charge in [0.05, 0.1) is 0 Å². The second-order valence-electron chi connectivity index (χ2n) is 4.21. The molecule has 0 bridgehead atoms. The van der Waals surface area contributed by atoms with Crippen molar-refractivity contribution in [2.75, 3.05) is 0 Å². The fraction of sp³-hybridized carbons (Fsp3) is 0. The first kappa shape index (κ1) is 24.6. The Morgan fingerprint density at radius 3 is 0.615 bits per heavy atom. The van der Waals surface area contributed by atoms with Crippen molar-refractivity contribution in [3.05, 3.63) is 61.7 Å². The van der Waals surface area contributed by atoms with Crippen molar-refractivity contribution in [3.63, 3.8) is 0 Å². The van der Waals surface area contributed by atoms with E-state index in [0.717, 1.165) is 0 Å². The van der Waals surface area contributed by atoms with Gasteiger partial charge in [-0.2, -0.15) is 22.0 Å². The van der Waals surface area contributed by atoms with E-state index in [1.807, 2.05) is 32.1 Å². The Morgan fingerprint density at radius 1 is 0.423 bits per heavy atom. The van der Waals surface area contributed by atoms with E-state index in [1.165, 1.54) is 0 Å². The van der Waals surface area contributed by atoms with Crippen molar-refractivity contribution in [3.8, 4) is 0 Å². The molecule has 0 heterocycles. The molecule has 2 fully saturated rings. The van der Waals surface area contributed by atoms with Gasteiger partial charge < -0.3 is 0 Å². The SMILES string of the molecule is O=C(F)[C]1[C](C(=O)F)[C](C(=O)F)[C](C(=O)F)[C]1C(=O)F.[CH]1[CH][CH][CH][CH]1.[Ru+2]. The largest absolute Gasteiger partial charge is 2.00 e. The van der Waals surface area contributed by atoms with E-state index in [2.05, 4.69) is 0 Å². The smallest absolute Gasteiger partial charge is 0.260 e. The van der Waals surface area contributed by atoms with Gasteiger partial charge in [-0.1, -0.05) is 0 Å². The molecule has 0 atom stereocenters. The molecular weight excluding hydrogens is 456 g/mol. The van der Waals surface area contributed by atoms with Gasteiger partial charge in [-0.3, -0.25) is 24.0 Å². The summed E-state index contributed by atoms with van der Waals surface area (Å²) in [6.07, 6.45) is 10.0. The maximum atomic E-state index is 12.7. The average Bonchev–Trinajstić information content (AvgIpc) is 3.15. The molecule has 2 rings (SSSR count). The van der Waals surface area contributed by atoms with Gasteiger partial charge in [-0.05, 0) is 32.1 Å². The quantitative estimate of drug-likeness (QED) is 0.351. The van der Waals surface area contributed by atoms with Crippen molar-refractivity contribution in [2.45, 2.75) is 0 Å². The molecule has 136 valence electrons. The van der Waals surface area contributed by atoms with E-state index in [-0.39, 0.29) is 19.5 Å². The fourth-order valence-electron chi connectivity index (χ4n) is 1.93. The number of carbonyl (C=O) groups is 5. The van der Waals surface area contributed by atoms with Crippen LogP contribution < -0.4 is 0 Å². The minimum absolute atomic E-state index is 0. The van der Waals surface area contributed by atoms with E-state index >= 15 is 0 Å². The van der Waals surface area contributed by atoms with Crippen molar-refractivity contribution in [1.29, 1.82) is 0 Å². The summed E-state index contributed by atoms with van der Waals surface area (Å²) >= 11 is 0. The molecule has 0 spiro atoms. The molecule has 0 N–H and O–H groups in total. The van der Waals surface area contributed by atoms with E-state index in [9.17, 15) is 45.9 Å². The zero-order valence-electron chi connectivity index (χ0n) is 12.2. The van der Waals surface area contributed by atoms with Gasteiger partial charge in [-0.15, -0.1) is 0 Å². The molecule has 0 unspecified atom stereocenters. The number of rotatable bonds is 5. The number of hydrogen-bond acceptors (Lipinski definition) is 5. The second-order valence-corrected chi connectivity index (χ2v) is 4.21. The van der Waals surface area contributed by atoms with Crippen molar-refractivity contribution < 1.29 is 65.4 Å². The summed E-state index contributed by atoms with van der Waals surface area (Å²) in [5.41, 5.74) is 0. The number of halogens is 5. The second kappa shape index (κ2) is 10.7. The summed E-state index contributed by atoms with van der Waals surface area (Å²) in [7, 11) is 0. The topological polar surface area (TPSA) is 85.3 Å². The molecule has 0 aromatic carbocycles. The van der Waals surface area contributed by atoms with E-state index in [0.29, 0.717) is 0 Å². The zero-order valence-corrected chi connectivity index (χ0v) is 13.9. The summed E-state index contributed by atoms with van der Waals surface area (Å²) in [5.74, 6) is -10.1. The first-order valence-electron chi connectivity index (χ1n) is 6.13. The average molecular weight is 461 g/mol. The first-order chi connectivity index (χ1) is 11.6. The minimum Gasteiger partial charge on any atom is -0.260 e. The standard InChI is InChI=1S/C10F5O5.C5H5.Ru/c11-6(16)1-2(7(12)17)4(9(14)19)5(10(15)20)3(1)8(13)18;1-2-4-5-3-1;/h;1-5H;/q;;+2. The van der Waals surface area contributed by atoms with Gasteiger partial charge in [0, 0.05) is 0 Å². The van der Waals surface area contributed by atoms with Crippen molar-refractivity contribution >= 4 is 30.2 Å². The van der Waals surface area contributed by atoms with E-state index < -0.39 is 59.8 Å². The van der Waals surface area contributed by atoms with Crippen LogP contribution in [0, 0.1) is 61.7 Å². The van der Waals surface area contributed by atoms with E-state index in [1.54, 1.807) is 0 Å². The molecule has 5 nitrogen and oxygen atoms in total. The first-order valence-corrected chi connectivity index (χ1v) is 6.13. The van der Waals surface area contributed by atoms with Gasteiger partial charge in [-0.25, -0.2) is 0 Å². The number of carbonyl (C=O) groups excluding carboxylic acids is 5. The van der Waals surface area contributed by atoms with Crippen LogP contribution in [0.3, 0.4) is 0 Å². The molecule has 11 heteroatoms. The Hall–Kier alpha value is -1.38. The normalized spacial score (nSPS) is 19.4. The van der Waals surface area contributed by atoms with Crippen LogP contribution in [0.4, 0.5) is 22.0 Å². The van der Waals surface area contributed by atoms with Crippen LogP contribution in [-0.2, 0) is 43.5 Å². The molecule has 10 radical (unpaired) electrons. The fourth-order valence-corrected chi connectivity index (χ4v) is 1.93. The van der Waals surface area contributed by atoms with Gasteiger partial charge in [0.2, 0.25) is 0 Å². The van der Waals surface area contributed by atoms with Crippen molar-refractivity contribution in [1.82, 2.24) is 0 Å². The molecule has 0 saturated heterocycles. The molecule has 26 heavy (non-hydrogen) atoms. The Balaban J connectivity index is 0.000000893. The molecule has 0 aromatic rings. The summed E-state index contributed by atoms with van der Waals surface area (Å²) in [6, 6.07) is -14.2. The van der Waals surface area contributed by atoms with Gasteiger partial charge in [0.15, 0.2) is 0 Å². The molecule has 2 aliphatic rings. The predicted molar refractivity (Wildman–Crippen MR) is 68.3 cm³/mol. The molecule has 2 saturated carbocycles. The summed E-state index contributed by atoms with van der Waals surface area (Å²) in [6.45, 7) is 0. The van der Waals surface area contributed by atoms with Crippen LogP contribution >= 0.6 is 0 Å². The maximum Gasteiger partial charge on any atom is 2.00 e. The Kier molecular flexibility index (Phi) is 10.1. The maximum absolute atomic E-state index is 12.7. The van der Waals surface area contributed by atoms with Gasteiger partial charge in [0.1, 0.15) is 29.6 Å². The molecular formula is C15H5F5O5Ru+2. The Bertz CT molecular complexity index is 459. The monoisotopic (exact) mass is 462 g/mol. The third-order valence-corrected chi connectivity index (χ3v) is 2.79. The van der Waals surface area contributed by atoms with Crippen LogP contribution in [0.2, 0.25) is 0 Å². The van der Waals surface area contributed by atoms with Crippen LogP contribution in [0.25, 0.3) is 0 Å². The predicted octanol–water partition coefficient (Wildman–Crippen LogP) is 1.37. The third-order valence-electron chi connectivity index (χ3n) is 2.79. The van der Waals surface area contributed by atoms with Crippen LogP contribution in [0.15, 0.2) is 0 Å². The summed E-state index contributed by atoms with van der Waals surface area (Å²) in [4.78, 5) is 52.7. The molecule has 0 aromatic heterocycles. The van der Waals surface area contributed by atoms with Gasteiger partial charge >= 0.3 is 49.7 Å². The Morgan fingerprint density at radius 2 is 0.538 bits per heavy atom. The summed E-state index contributed by atoms with van der Waals surface area (Å²) < 4.78 is 63.3.